The van der Waals surface area contributed by atoms with E-state index in [9.17, 15) is 9.90 Å². The van der Waals surface area contributed by atoms with E-state index in [-0.39, 0.29) is 18.1 Å². The zero-order valence-electron chi connectivity index (χ0n) is 12.6. The average Bonchev–Trinajstić information content (AvgIpc) is 2.87. The van der Waals surface area contributed by atoms with E-state index in [0.717, 1.165) is 12.1 Å². The van der Waals surface area contributed by atoms with Crippen molar-refractivity contribution in [3.05, 3.63) is 40.7 Å². The first kappa shape index (κ1) is 16.5. The monoisotopic (exact) mass is 322 g/mol. The minimum Gasteiger partial charge on any atom is -0.391 e. The SMILES string of the molecule is CCCC(O)CNC(=O)c1nnn(-c2cccc(Cl)c2)c1C. The van der Waals surface area contributed by atoms with Crippen LogP contribution in [0, 0.1) is 6.92 Å². The van der Waals surface area contributed by atoms with Crippen LogP contribution >= 0.6 is 11.6 Å². The molecule has 1 heterocycles. The van der Waals surface area contributed by atoms with Crippen LogP contribution in [0.3, 0.4) is 0 Å². The third kappa shape index (κ3) is 3.84. The van der Waals surface area contributed by atoms with Crippen molar-refractivity contribution in [3.8, 4) is 5.69 Å². The van der Waals surface area contributed by atoms with Gasteiger partial charge in [-0.1, -0.05) is 36.2 Å². The second-order valence-electron chi connectivity index (χ2n) is 5.07. The van der Waals surface area contributed by atoms with E-state index in [1.807, 2.05) is 13.0 Å². The van der Waals surface area contributed by atoms with Gasteiger partial charge < -0.3 is 10.4 Å². The zero-order valence-corrected chi connectivity index (χ0v) is 13.3. The van der Waals surface area contributed by atoms with Gasteiger partial charge in [-0.15, -0.1) is 5.10 Å². The van der Waals surface area contributed by atoms with E-state index in [2.05, 4.69) is 15.6 Å². The van der Waals surface area contributed by atoms with Crippen LogP contribution in [-0.2, 0) is 0 Å². The van der Waals surface area contributed by atoms with E-state index < -0.39 is 6.10 Å². The number of aromatic nitrogens is 3. The Morgan fingerprint density at radius 3 is 2.95 bits per heavy atom. The maximum atomic E-state index is 12.1. The number of benzene rings is 1. The Bertz CT molecular complexity index is 657. The van der Waals surface area contributed by atoms with Crippen molar-refractivity contribution >= 4 is 17.5 Å². The number of carbonyl (C=O) groups is 1. The Balaban J connectivity index is 2.12. The summed E-state index contributed by atoms with van der Waals surface area (Å²) in [4.78, 5) is 12.1. The Morgan fingerprint density at radius 1 is 1.50 bits per heavy atom. The fraction of sp³-hybridized carbons (Fsp3) is 0.400. The summed E-state index contributed by atoms with van der Waals surface area (Å²) in [6, 6.07) is 7.15. The highest BCUT2D eigenvalue weighted by Gasteiger charge is 2.18. The molecule has 1 aromatic carbocycles. The molecule has 0 aliphatic rings. The van der Waals surface area contributed by atoms with E-state index >= 15 is 0 Å². The van der Waals surface area contributed by atoms with E-state index in [1.165, 1.54) is 0 Å². The minimum absolute atomic E-state index is 0.205. The molecule has 0 saturated carbocycles. The average molecular weight is 323 g/mol. The summed E-state index contributed by atoms with van der Waals surface area (Å²) in [6.45, 7) is 3.94. The predicted molar refractivity (Wildman–Crippen MR) is 84.4 cm³/mol. The van der Waals surface area contributed by atoms with Crippen molar-refractivity contribution in [2.24, 2.45) is 0 Å². The lowest BCUT2D eigenvalue weighted by molar-refractivity contribution is 0.0904. The highest BCUT2D eigenvalue weighted by Crippen LogP contribution is 2.16. The quantitative estimate of drug-likeness (QED) is 0.853. The highest BCUT2D eigenvalue weighted by atomic mass is 35.5. The van der Waals surface area contributed by atoms with Gasteiger partial charge >= 0.3 is 0 Å². The van der Waals surface area contributed by atoms with Crippen LogP contribution in [0.1, 0.15) is 35.9 Å². The van der Waals surface area contributed by atoms with Crippen LogP contribution in [0.25, 0.3) is 5.69 Å². The van der Waals surface area contributed by atoms with Crippen LogP contribution in [0.15, 0.2) is 24.3 Å². The second-order valence-corrected chi connectivity index (χ2v) is 5.50. The highest BCUT2D eigenvalue weighted by molar-refractivity contribution is 6.30. The summed E-state index contributed by atoms with van der Waals surface area (Å²) in [5, 5.41) is 20.8. The molecule has 0 fully saturated rings. The van der Waals surface area contributed by atoms with Crippen LogP contribution < -0.4 is 5.32 Å². The standard InChI is InChI=1S/C15H19ClN4O2/c1-3-5-13(21)9-17-15(22)14-10(2)20(19-18-14)12-7-4-6-11(16)8-12/h4,6-8,13,21H,3,5,9H2,1-2H3,(H,17,22). The topological polar surface area (TPSA) is 80.0 Å². The molecular formula is C15H19ClN4O2. The van der Waals surface area contributed by atoms with Crippen molar-refractivity contribution in [1.82, 2.24) is 20.3 Å². The lowest BCUT2D eigenvalue weighted by Gasteiger charge is -2.10. The molecule has 2 aromatic rings. The van der Waals surface area contributed by atoms with Crippen LogP contribution in [-0.4, -0.2) is 38.7 Å². The summed E-state index contributed by atoms with van der Waals surface area (Å²) in [7, 11) is 0. The number of amides is 1. The molecule has 0 spiro atoms. The molecule has 7 heteroatoms. The van der Waals surface area contributed by atoms with Gasteiger partial charge in [-0.25, -0.2) is 4.68 Å². The zero-order chi connectivity index (χ0) is 16.1. The number of aliphatic hydroxyl groups is 1. The normalized spacial score (nSPS) is 12.2. The largest absolute Gasteiger partial charge is 0.391 e. The molecule has 1 aromatic heterocycles. The van der Waals surface area contributed by atoms with Crippen LogP contribution in [0.5, 0.6) is 0 Å². The third-order valence-corrected chi connectivity index (χ3v) is 3.52. The first-order valence-corrected chi connectivity index (χ1v) is 7.55. The Hall–Kier alpha value is -1.92. The molecule has 1 atom stereocenters. The number of halogens is 1. The molecule has 6 nitrogen and oxygen atoms in total. The summed E-state index contributed by atoms with van der Waals surface area (Å²) < 4.78 is 1.56. The van der Waals surface area contributed by atoms with E-state index in [4.69, 9.17) is 11.6 Å². The molecule has 118 valence electrons. The number of carbonyl (C=O) groups excluding carboxylic acids is 1. The molecule has 1 amide bonds. The second kappa shape index (κ2) is 7.38. The number of hydrogen-bond acceptors (Lipinski definition) is 4. The number of rotatable bonds is 6. The number of hydrogen-bond donors (Lipinski definition) is 2. The van der Waals surface area contributed by atoms with Gasteiger partial charge in [0.25, 0.3) is 5.91 Å². The maximum Gasteiger partial charge on any atom is 0.273 e. The summed E-state index contributed by atoms with van der Waals surface area (Å²) in [5.41, 5.74) is 1.59. The van der Waals surface area contributed by atoms with Crippen molar-refractivity contribution < 1.29 is 9.90 Å². The van der Waals surface area contributed by atoms with E-state index in [0.29, 0.717) is 17.1 Å². The first-order valence-electron chi connectivity index (χ1n) is 7.17. The molecule has 0 radical (unpaired) electrons. The Morgan fingerprint density at radius 2 is 2.27 bits per heavy atom. The van der Waals surface area contributed by atoms with Gasteiger partial charge in [0.1, 0.15) is 0 Å². The Kier molecular flexibility index (Phi) is 5.51. The predicted octanol–water partition coefficient (Wildman–Crippen LogP) is 2.12. The summed E-state index contributed by atoms with van der Waals surface area (Å²) in [6.07, 6.45) is 0.965. The first-order chi connectivity index (χ1) is 10.5. The van der Waals surface area contributed by atoms with Crippen molar-refractivity contribution in [2.75, 3.05) is 6.54 Å². The minimum atomic E-state index is -0.544. The van der Waals surface area contributed by atoms with Crippen molar-refractivity contribution in [1.29, 1.82) is 0 Å². The molecule has 0 aliphatic heterocycles. The lowest BCUT2D eigenvalue weighted by atomic mass is 10.2. The molecule has 22 heavy (non-hydrogen) atoms. The van der Waals surface area contributed by atoms with Crippen molar-refractivity contribution in [3.63, 3.8) is 0 Å². The molecule has 0 saturated heterocycles. The Labute approximate surface area is 134 Å². The van der Waals surface area contributed by atoms with E-state index in [1.54, 1.807) is 29.8 Å². The number of nitrogens with zero attached hydrogens (tertiary/aromatic N) is 3. The molecule has 1 unspecified atom stereocenters. The maximum absolute atomic E-state index is 12.1. The van der Waals surface area contributed by atoms with Crippen LogP contribution in [0.4, 0.5) is 0 Å². The smallest absolute Gasteiger partial charge is 0.273 e. The van der Waals surface area contributed by atoms with Crippen molar-refractivity contribution in [2.45, 2.75) is 32.8 Å². The molecule has 0 aliphatic carbocycles. The van der Waals surface area contributed by atoms with Crippen LogP contribution in [0.2, 0.25) is 5.02 Å². The molecule has 2 rings (SSSR count). The molecular weight excluding hydrogens is 304 g/mol. The fourth-order valence-corrected chi connectivity index (χ4v) is 2.31. The summed E-state index contributed by atoms with van der Waals surface area (Å²) >= 11 is 5.96. The number of nitrogens with one attached hydrogen (secondary N) is 1. The van der Waals surface area contributed by atoms with Gasteiger partial charge in [0.05, 0.1) is 17.5 Å². The van der Waals surface area contributed by atoms with Gasteiger partial charge in [0, 0.05) is 11.6 Å². The van der Waals surface area contributed by atoms with Gasteiger partial charge in [-0.2, -0.15) is 0 Å². The molecule has 2 N–H and O–H groups in total. The number of aliphatic hydroxyl groups excluding tert-OH is 1. The van der Waals surface area contributed by atoms with Gasteiger partial charge in [-0.05, 0) is 31.5 Å². The van der Waals surface area contributed by atoms with Gasteiger partial charge in [0.2, 0.25) is 0 Å². The van der Waals surface area contributed by atoms with Gasteiger partial charge in [-0.3, -0.25) is 4.79 Å². The fourth-order valence-electron chi connectivity index (χ4n) is 2.12. The van der Waals surface area contributed by atoms with Gasteiger partial charge in [0.15, 0.2) is 5.69 Å². The molecule has 0 bridgehead atoms. The third-order valence-electron chi connectivity index (χ3n) is 3.28. The summed E-state index contributed by atoms with van der Waals surface area (Å²) in [5.74, 6) is -0.346. The lowest BCUT2D eigenvalue weighted by Crippen LogP contribution is -2.32.